The molecule has 0 aliphatic heterocycles. The number of aromatic nitrogens is 2. The van der Waals surface area contributed by atoms with Gasteiger partial charge in [-0.1, -0.05) is 17.7 Å². The zero-order valence-corrected chi connectivity index (χ0v) is 12.6. The zero-order valence-electron chi connectivity index (χ0n) is 11.1. The van der Waals surface area contributed by atoms with Crippen LogP contribution in [0.5, 0.6) is 5.75 Å². The second-order valence-electron chi connectivity index (χ2n) is 4.42. The van der Waals surface area contributed by atoms with Crippen molar-refractivity contribution in [1.82, 2.24) is 9.55 Å². The minimum Gasteiger partial charge on any atom is -0.494 e. The van der Waals surface area contributed by atoms with Gasteiger partial charge in [-0.05, 0) is 24.3 Å². The molecule has 3 nitrogen and oxygen atoms in total. The highest BCUT2D eigenvalue weighted by Gasteiger charge is 2.17. The van der Waals surface area contributed by atoms with Crippen molar-refractivity contribution < 1.29 is 9.13 Å². The molecule has 0 aliphatic rings. The largest absolute Gasteiger partial charge is 0.494 e. The number of rotatable bonds is 3. The molecule has 0 aliphatic carbocycles. The minimum absolute atomic E-state index is 0.200. The van der Waals surface area contributed by atoms with Crippen LogP contribution in [0.25, 0.3) is 16.7 Å². The first-order chi connectivity index (χ1) is 10.2. The average molecular weight is 325 g/mol. The molecule has 0 saturated heterocycles. The molecule has 21 heavy (non-hydrogen) atoms. The molecule has 0 bridgehead atoms. The number of para-hydroxylation sites is 1. The molecule has 1 aromatic heterocycles. The highest BCUT2D eigenvalue weighted by Crippen LogP contribution is 2.33. The Morgan fingerprint density at radius 3 is 2.81 bits per heavy atom. The molecule has 0 N–H and O–H groups in total. The summed E-state index contributed by atoms with van der Waals surface area (Å²) in [6.07, 6.45) is 0. The van der Waals surface area contributed by atoms with Gasteiger partial charge >= 0.3 is 0 Å². The molecule has 2 aromatic carbocycles. The predicted molar refractivity (Wildman–Crippen MR) is 82.1 cm³/mol. The van der Waals surface area contributed by atoms with Crippen LogP contribution in [0.2, 0.25) is 5.02 Å². The van der Waals surface area contributed by atoms with Crippen molar-refractivity contribution in [3.63, 3.8) is 0 Å². The number of hydrogen-bond donors (Lipinski definition) is 0. The van der Waals surface area contributed by atoms with Gasteiger partial charge in [0.2, 0.25) is 0 Å². The SMILES string of the molecule is COc1cc(F)ccc1-n1c(CCl)nc2cccc(Cl)c21. The van der Waals surface area contributed by atoms with Crippen molar-refractivity contribution in [3.8, 4) is 11.4 Å². The molecule has 3 aromatic rings. The first-order valence-corrected chi connectivity index (χ1v) is 7.12. The van der Waals surface area contributed by atoms with Crippen molar-refractivity contribution in [3.05, 3.63) is 53.1 Å². The molecule has 0 fully saturated rings. The summed E-state index contributed by atoms with van der Waals surface area (Å²) < 4.78 is 20.5. The first-order valence-electron chi connectivity index (χ1n) is 6.21. The molecule has 0 amide bonds. The summed E-state index contributed by atoms with van der Waals surface area (Å²) in [4.78, 5) is 4.46. The number of fused-ring (bicyclic) bond motifs is 1. The Balaban J connectivity index is 2.39. The van der Waals surface area contributed by atoms with E-state index in [0.29, 0.717) is 22.3 Å². The van der Waals surface area contributed by atoms with Crippen molar-refractivity contribution in [2.24, 2.45) is 0 Å². The van der Waals surface area contributed by atoms with Gasteiger partial charge < -0.3 is 4.74 Å². The molecule has 0 spiro atoms. The quantitative estimate of drug-likeness (QED) is 0.660. The molecule has 0 radical (unpaired) electrons. The fourth-order valence-corrected chi connectivity index (χ4v) is 2.75. The van der Waals surface area contributed by atoms with Gasteiger partial charge in [0.15, 0.2) is 0 Å². The first kappa shape index (κ1) is 14.2. The third-order valence-corrected chi connectivity index (χ3v) is 3.74. The monoisotopic (exact) mass is 324 g/mol. The Kier molecular flexibility index (Phi) is 3.74. The van der Waals surface area contributed by atoms with Gasteiger partial charge in [-0.25, -0.2) is 9.37 Å². The normalized spacial score (nSPS) is 11.0. The van der Waals surface area contributed by atoms with Crippen LogP contribution in [0.3, 0.4) is 0 Å². The summed E-state index contributed by atoms with van der Waals surface area (Å²) in [5.41, 5.74) is 2.09. The molecule has 108 valence electrons. The maximum absolute atomic E-state index is 13.4. The predicted octanol–water partition coefficient (Wildman–Crippen LogP) is 4.57. The lowest BCUT2D eigenvalue weighted by molar-refractivity contribution is 0.409. The Hall–Kier alpha value is -1.78. The maximum Gasteiger partial charge on any atom is 0.145 e. The van der Waals surface area contributed by atoms with Crippen LogP contribution < -0.4 is 4.74 Å². The fourth-order valence-electron chi connectivity index (χ4n) is 2.32. The zero-order chi connectivity index (χ0) is 15.0. The van der Waals surface area contributed by atoms with E-state index in [4.69, 9.17) is 27.9 Å². The summed E-state index contributed by atoms with van der Waals surface area (Å²) >= 11 is 12.3. The molecular formula is C15H11Cl2FN2O. The number of hydrogen-bond acceptors (Lipinski definition) is 2. The Bertz CT molecular complexity index is 817. The number of nitrogens with zero attached hydrogens (tertiary/aromatic N) is 2. The molecule has 0 saturated carbocycles. The standard InChI is InChI=1S/C15H11Cl2FN2O/c1-21-13-7-9(18)5-6-12(13)20-14(8-16)19-11-4-2-3-10(17)15(11)20/h2-7H,8H2,1H3. The third kappa shape index (κ3) is 2.34. The van der Waals surface area contributed by atoms with Crippen molar-refractivity contribution >= 4 is 34.2 Å². The van der Waals surface area contributed by atoms with E-state index in [2.05, 4.69) is 4.98 Å². The van der Waals surface area contributed by atoms with Crippen LogP contribution in [-0.4, -0.2) is 16.7 Å². The van der Waals surface area contributed by atoms with Crippen molar-refractivity contribution in [1.29, 1.82) is 0 Å². The lowest BCUT2D eigenvalue weighted by Gasteiger charge is -2.13. The Morgan fingerprint density at radius 2 is 2.10 bits per heavy atom. The number of imidazole rings is 1. The van der Waals surface area contributed by atoms with Crippen LogP contribution in [0, 0.1) is 5.82 Å². The smallest absolute Gasteiger partial charge is 0.145 e. The topological polar surface area (TPSA) is 27.1 Å². The van der Waals surface area contributed by atoms with Crippen LogP contribution in [0.4, 0.5) is 4.39 Å². The van der Waals surface area contributed by atoms with Crippen molar-refractivity contribution in [2.45, 2.75) is 5.88 Å². The second-order valence-corrected chi connectivity index (χ2v) is 5.10. The van der Waals surface area contributed by atoms with Gasteiger partial charge in [-0.2, -0.15) is 0 Å². The lowest BCUT2D eigenvalue weighted by atomic mass is 10.2. The van der Waals surface area contributed by atoms with Crippen LogP contribution in [0.1, 0.15) is 5.82 Å². The molecule has 1 heterocycles. The van der Waals surface area contributed by atoms with E-state index < -0.39 is 0 Å². The number of alkyl halides is 1. The Labute approximate surface area is 130 Å². The maximum atomic E-state index is 13.4. The summed E-state index contributed by atoms with van der Waals surface area (Å²) in [5, 5.41) is 0.544. The van der Waals surface area contributed by atoms with Crippen LogP contribution >= 0.6 is 23.2 Å². The van der Waals surface area contributed by atoms with E-state index in [-0.39, 0.29) is 11.7 Å². The summed E-state index contributed by atoms with van der Waals surface area (Å²) in [7, 11) is 1.49. The van der Waals surface area contributed by atoms with Gasteiger partial charge in [0.05, 0.1) is 34.7 Å². The van der Waals surface area contributed by atoms with Crippen LogP contribution in [-0.2, 0) is 5.88 Å². The summed E-state index contributed by atoms with van der Waals surface area (Å²) in [6.45, 7) is 0. The number of ether oxygens (including phenoxy) is 1. The molecular weight excluding hydrogens is 314 g/mol. The van der Waals surface area contributed by atoms with E-state index in [9.17, 15) is 4.39 Å². The van der Waals surface area contributed by atoms with E-state index >= 15 is 0 Å². The van der Waals surface area contributed by atoms with Gasteiger partial charge in [0.1, 0.15) is 17.4 Å². The summed E-state index contributed by atoms with van der Waals surface area (Å²) in [5.74, 6) is 0.828. The number of halogens is 3. The average Bonchev–Trinajstić information content (AvgIpc) is 2.87. The number of benzene rings is 2. The minimum atomic E-state index is -0.376. The summed E-state index contributed by atoms with van der Waals surface area (Å²) in [6, 6.07) is 9.74. The Morgan fingerprint density at radius 1 is 1.29 bits per heavy atom. The highest BCUT2D eigenvalue weighted by atomic mass is 35.5. The number of methoxy groups -OCH3 is 1. The molecule has 0 atom stereocenters. The molecule has 3 rings (SSSR count). The fraction of sp³-hybridized carbons (Fsp3) is 0.133. The highest BCUT2D eigenvalue weighted by molar-refractivity contribution is 6.35. The van der Waals surface area contributed by atoms with E-state index in [0.717, 1.165) is 11.0 Å². The lowest BCUT2D eigenvalue weighted by Crippen LogP contribution is -2.02. The molecule has 6 heteroatoms. The van der Waals surface area contributed by atoms with E-state index in [1.54, 1.807) is 16.7 Å². The molecule has 0 unspecified atom stereocenters. The van der Waals surface area contributed by atoms with Gasteiger partial charge in [0.25, 0.3) is 0 Å². The van der Waals surface area contributed by atoms with E-state index in [1.165, 1.54) is 19.2 Å². The van der Waals surface area contributed by atoms with Gasteiger partial charge in [-0.3, -0.25) is 4.57 Å². The van der Waals surface area contributed by atoms with Gasteiger partial charge in [0, 0.05) is 6.07 Å². The third-order valence-electron chi connectivity index (χ3n) is 3.20. The van der Waals surface area contributed by atoms with Gasteiger partial charge in [-0.15, -0.1) is 11.6 Å². The second kappa shape index (κ2) is 5.54. The van der Waals surface area contributed by atoms with Crippen LogP contribution in [0.15, 0.2) is 36.4 Å². The van der Waals surface area contributed by atoms with Crippen molar-refractivity contribution in [2.75, 3.05) is 7.11 Å². The van der Waals surface area contributed by atoms with E-state index in [1.807, 2.05) is 12.1 Å².